The van der Waals surface area contributed by atoms with E-state index in [1.54, 1.807) is 0 Å². The lowest BCUT2D eigenvalue weighted by Crippen LogP contribution is -2.28. The van der Waals surface area contributed by atoms with Crippen molar-refractivity contribution in [2.24, 2.45) is 0 Å². The largest absolute Gasteiger partial charge is 0.208 e. The molecule has 0 radical (unpaired) electrons. The maximum absolute atomic E-state index is 5.37. The molecule has 3 nitrogen and oxygen atoms in total. The number of aromatic nitrogens is 3. The Bertz CT molecular complexity index is 3390. The summed E-state index contributed by atoms with van der Waals surface area (Å²) in [5.41, 5.74) is 14.2. The molecule has 0 amide bonds. The molecule has 0 bridgehead atoms. The quantitative estimate of drug-likeness (QED) is 0.161. The summed E-state index contributed by atoms with van der Waals surface area (Å²) >= 11 is 1.85. The average molecular weight is 808 g/mol. The SMILES string of the molecule is c1ccc(-c2ccc(-c3nc(-c4ccc(-c5cccc6c5sc5ccccc56)cc4)nc(-c4cccc5c4-c4ccccc4C5(c4ccccc4)c4ccccc4)n3)cc2)cc1. The Hall–Kier alpha value is -7.79. The monoisotopic (exact) mass is 807 g/mol. The van der Waals surface area contributed by atoms with Crippen molar-refractivity contribution in [2.75, 3.05) is 0 Å². The van der Waals surface area contributed by atoms with Crippen molar-refractivity contribution in [3.63, 3.8) is 0 Å². The zero-order valence-electron chi connectivity index (χ0n) is 33.6. The average Bonchev–Trinajstić information content (AvgIpc) is 3.89. The first-order valence-electron chi connectivity index (χ1n) is 21.0. The highest BCUT2D eigenvalue weighted by Crippen LogP contribution is 2.58. The van der Waals surface area contributed by atoms with E-state index in [1.165, 1.54) is 59.1 Å². The zero-order valence-corrected chi connectivity index (χ0v) is 34.4. The molecule has 1 aliphatic carbocycles. The molecule has 62 heavy (non-hydrogen) atoms. The number of rotatable bonds is 7. The third kappa shape index (κ3) is 5.76. The topological polar surface area (TPSA) is 38.7 Å². The van der Waals surface area contributed by atoms with Crippen LogP contribution in [0, 0.1) is 0 Å². The minimum Gasteiger partial charge on any atom is -0.208 e. The second kappa shape index (κ2) is 14.7. The van der Waals surface area contributed by atoms with Crippen molar-refractivity contribution in [1.82, 2.24) is 15.0 Å². The fraction of sp³-hybridized carbons (Fsp3) is 0.0172. The van der Waals surface area contributed by atoms with Gasteiger partial charge in [0.15, 0.2) is 17.5 Å². The van der Waals surface area contributed by atoms with Gasteiger partial charge in [-0.05, 0) is 61.7 Å². The van der Waals surface area contributed by atoms with Crippen LogP contribution in [-0.2, 0) is 5.41 Å². The Morgan fingerprint density at radius 3 is 1.47 bits per heavy atom. The summed E-state index contributed by atoms with van der Waals surface area (Å²) in [6.07, 6.45) is 0. The van der Waals surface area contributed by atoms with Crippen LogP contribution in [0.5, 0.6) is 0 Å². The van der Waals surface area contributed by atoms with Crippen molar-refractivity contribution in [3.05, 3.63) is 247 Å². The van der Waals surface area contributed by atoms with E-state index in [4.69, 9.17) is 15.0 Å². The number of hydrogen-bond donors (Lipinski definition) is 0. The van der Waals surface area contributed by atoms with Crippen LogP contribution < -0.4 is 0 Å². The van der Waals surface area contributed by atoms with Gasteiger partial charge in [-0.1, -0.05) is 218 Å². The van der Waals surface area contributed by atoms with Gasteiger partial charge in [0.1, 0.15) is 0 Å². The predicted octanol–water partition coefficient (Wildman–Crippen LogP) is 14.9. The Morgan fingerprint density at radius 1 is 0.306 bits per heavy atom. The first-order valence-corrected chi connectivity index (χ1v) is 21.8. The minimum atomic E-state index is -0.538. The second-order valence-corrected chi connectivity index (χ2v) is 16.9. The first-order chi connectivity index (χ1) is 30.7. The molecule has 0 unspecified atom stereocenters. The van der Waals surface area contributed by atoms with Crippen molar-refractivity contribution in [3.8, 4) is 67.5 Å². The van der Waals surface area contributed by atoms with Crippen LogP contribution in [0.1, 0.15) is 22.3 Å². The normalized spacial score (nSPS) is 12.6. The van der Waals surface area contributed by atoms with E-state index in [0.717, 1.165) is 33.4 Å². The fourth-order valence-corrected chi connectivity index (χ4v) is 10.9. The first kappa shape index (κ1) is 36.1. The van der Waals surface area contributed by atoms with E-state index in [2.05, 4.69) is 218 Å². The maximum atomic E-state index is 5.37. The lowest BCUT2D eigenvalue weighted by Gasteiger charge is -2.33. The smallest absolute Gasteiger partial charge is 0.164 e. The van der Waals surface area contributed by atoms with E-state index < -0.39 is 5.41 Å². The molecule has 0 N–H and O–H groups in total. The van der Waals surface area contributed by atoms with Gasteiger partial charge in [0.2, 0.25) is 0 Å². The molecular formula is C58H37N3S. The van der Waals surface area contributed by atoms with E-state index in [9.17, 15) is 0 Å². The van der Waals surface area contributed by atoms with E-state index in [-0.39, 0.29) is 0 Å². The van der Waals surface area contributed by atoms with Crippen LogP contribution in [0.25, 0.3) is 87.7 Å². The van der Waals surface area contributed by atoms with Crippen LogP contribution in [0.2, 0.25) is 0 Å². The Kier molecular flexibility index (Phi) is 8.58. The van der Waals surface area contributed by atoms with Gasteiger partial charge in [0.05, 0.1) is 5.41 Å². The van der Waals surface area contributed by atoms with Crippen LogP contribution in [0.15, 0.2) is 224 Å². The van der Waals surface area contributed by atoms with Gasteiger partial charge >= 0.3 is 0 Å². The van der Waals surface area contributed by atoms with Crippen LogP contribution in [-0.4, -0.2) is 15.0 Å². The maximum Gasteiger partial charge on any atom is 0.164 e. The Morgan fingerprint density at radius 2 is 0.774 bits per heavy atom. The molecule has 2 aromatic heterocycles. The minimum absolute atomic E-state index is 0.538. The van der Waals surface area contributed by atoms with E-state index >= 15 is 0 Å². The molecule has 9 aromatic carbocycles. The fourth-order valence-electron chi connectivity index (χ4n) is 9.65. The molecule has 0 spiro atoms. The van der Waals surface area contributed by atoms with Gasteiger partial charge < -0.3 is 0 Å². The van der Waals surface area contributed by atoms with Crippen LogP contribution >= 0.6 is 11.3 Å². The van der Waals surface area contributed by atoms with Crippen molar-refractivity contribution in [1.29, 1.82) is 0 Å². The predicted molar refractivity (Wildman–Crippen MR) is 257 cm³/mol. The number of benzene rings is 9. The molecular weight excluding hydrogens is 771 g/mol. The van der Waals surface area contributed by atoms with Crippen LogP contribution in [0.3, 0.4) is 0 Å². The third-order valence-electron chi connectivity index (χ3n) is 12.5. The van der Waals surface area contributed by atoms with E-state index in [1.807, 2.05) is 17.4 Å². The Labute approximate surface area is 364 Å². The van der Waals surface area contributed by atoms with Gasteiger partial charge in [-0.25, -0.2) is 15.0 Å². The van der Waals surface area contributed by atoms with Gasteiger partial charge in [-0.15, -0.1) is 11.3 Å². The van der Waals surface area contributed by atoms with Gasteiger partial charge in [0, 0.05) is 36.9 Å². The molecule has 2 heterocycles. The molecule has 0 saturated heterocycles. The molecule has 0 fully saturated rings. The molecule has 1 aliphatic rings. The van der Waals surface area contributed by atoms with Gasteiger partial charge in [0.25, 0.3) is 0 Å². The summed E-state index contributed by atoms with van der Waals surface area (Å²) in [7, 11) is 0. The summed E-state index contributed by atoms with van der Waals surface area (Å²) in [6, 6.07) is 80.3. The van der Waals surface area contributed by atoms with Crippen molar-refractivity contribution < 1.29 is 0 Å². The molecule has 0 aliphatic heterocycles. The molecule has 0 atom stereocenters. The van der Waals surface area contributed by atoms with E-state index in [0.29, 0.717) is 17.5 Å². The van der Waals surface area contributed by atoms with Crippen LogP contribution in [0.4, 0.5) is 0 Å². The molecule has 12 rings (SSSR count). The summed E-state index contributed by atoms with van der Waals surface area (Å²) in [4.78, 5) is 15.9. The number of fused-ring (bicyclic) bond motifs is 6. The number of nitrogens with zero attached hydrogens (tertiary/aromatic N) is 3. The van der Waals surface area contributed by atoms with Gasteiger partial charge in [-0.3, -0.25) is 0 Å². The summed E-state index contributed by atoms with van der Waals surface area (Å²) in [6.45, 7) is 0. The molecule has 0 saturated carbocycles. The lowest BCUT2D eigenvalue weighted by molar-refractivity contribution is 0.768. The highest BCUT2D eigenvalue weighted by atomic mass is 32.1. The Balaban J connectivity index is 1.05. The molecule has 4 heteroatoms. The lowest BCUT2D eigenvalue weighted by atomic mass is 9.67. The highest BCUT2D eigenvalue weighted by Gasteiger charge is 2.47. The molecule has 290 valence electrons. The van der Waals surface area contributed by atoms with Crippen molar-refractivity contribution in [2.45, 2.75) is 5.41 Å². The highest BCUT2D eigenvalue weighted by molar-refractivity contribution is 7.26. The molecule has 11 aromatic rings. The summed E-state index contributed by atoms with van der Waals surface area (Å²) < 4.78 is 2.60. The number of hydrogen-bond acceptors (Lipinski definition) is 4. The van der Waals surface area contributed by atoms with Gasteiger partial charge in [-0.2, -0.15) is 0 Å². The van der Waals surface area contributed by atoms with Crippen molar-refractivity contribution >= 4 is 31.5 Å². The third-order valence-corrected chi connectivity index (χ3v) is 13.7. The number of thiophene rings is 1. The summed E-state index contributed by atoms with van der Waals surface area (Å²) in [5, 5.41) is 2.59. The second-order valence-electron chi connectivity index (χ2n) is 15.9. The summed E-state index contributed by atoms with van der Waals surface area (Å²) in [5.74, 6) is 1.90. The standard InChI is InChI=1S/C58H37N3S/c1-4-16-38(17-5-1)39-30-34-41(35-31-39)55-59-56(42-36-32-40(33-37-42)45-24-14-25-47-46-22-11-13-29-52(46)62-54(45)47)61-57(60-55)49-26-15-28-51-53(49)48-23-10-12-27-50(48)58(51,43-18-6-2-7-19-43)44-20-8-3-9-21-44/h1-37H. The zero-order chi connectivity index (χ0) is 41.0.